The van der Waals surface area contributed by atoms with E-state index in [1.54, 1.807) is 0 Å². The van der Waals surface area contributed by atoms with Gasteiger partial charge in [0.25, 0.3) is 0 Å². The fourth-order valence-corrected chi connectivity index (χ4v) is 2.53. The smallest absolute Gasteiger partial charge is 0.00670 e. The van der Waals surface area contributed by atoms with E-state index in [0.29, 0.717) is 0 Å². The molecule has 1 fully saturated rings. The molecule has 88 valence electrons. The van der Waals surface area contributed by atoms with Crippen molar-refractivity contribution in [2.45, 2.75) is 51.0 Å². The van der Waals surface area contributed by atoms with E-state index in [1.807, 2.05) is 0 Å². The average Bonchev–Trinajstić information content (AvgIpc) is 2.37. The van der Waals surface area contributed by atoms with Gasteiger partial charge in [-0.25, -0.2) is 0 Å². The van der Waals surface area contributed by atoms with Crippen LogP contribution >= 0.6 is 0 Å². The summed E-state index contributed by atoms with van der Waals surface area (Å²) in [6.45, 7) is 1.24. The normalized spacial score (nSPS) is 20.9. The fraction of sp³-hybridized carbons (Fsp3) is 0.600. The van der Waals surface area contributed by atoms with Gasteiger partial charge in [-0.3, -0.25) is 0 Å². The second-order valence-electron chi connectivity index (χ2n) is 4.88. The Bertz CT molecular complexity index is 275. The average molecular weight is 217 g/mol. The third-order valence-corrected chi connectivity index (χ3v) is 3.52. The first-order valence-electron chi connectivity index (χ1n) is 6.72. The highest BCUT2D eigenvalue weighted by Crippen LogP contribution is 2.14. The first-order chi connectivity index (χ1) is 7.95. The number of hydrogen-bond donors (Lipinski definition) is 1. The molecule has 2 rings (SSSR count). The van der Waals surface area contributed by atoms with Gasteiger partial charge in [-0.05, 0) is 44.2 Å². The second-order valence-corrected chi connectivity index (χ2v) is 4.88. The van der Waals surface area contributed by atoms with Crippen molar-refractivity contribution in [2.24, 2.45) is 0 Å². The molecule has 16 heavy (non-hydrogen) atoms. The van der Waals surface area contributed by atoms with Gasteiger partial charge in [0.15, 0.2) is 0 Å². The van der Waals surface area contributed by atoms with Gasteiger partial charge in [0.1, 0.15) is 0 Å². The molecule has 1 heteroatoms. The molecule has 1 aromatic carbocycles. The highest BCUT2D eigenvalue weighted by atomic mass is 14.9. The van der Waals surface area contributed by atoms with E-state index in [2.05, 4.69) is 35.6 Å². The van der Waals surface area contributed by atoms with Gasteiger partial charge in [0.05, 0.1) is 0 Å². The summed E-state index contributed by atoms with van der Waals surface area (Å²) in [6.07, 6.45) is 9.51. The molecule has 0 aromatic heterocycles. The minimum atomic E-state index is 0.810. The first-order valence-corrected chi connectivity index (χ1v) is 6.72. The predicted molar refractivity (Wildman–Crippen MR) is 69.6 cm³/mol. The maximum Gasteiger partial charge on any atom is 0.00670 e. The van der Waals surface area contributed by atoms with Gasteiger partial charge < -0.3 is 5.32 Å². The van der Waals surface area contributed by atoms with Gasteiger partial charge in [-0.1, -0.05) is 43.2 Å². The molecule has 1 nitrogen and oxygen atoms in total. The van der Waals surface area contributed by atoms with Crippen molar-refractivity contribution < 1.29 is 0 Å². The summed E-state index contributed by atoms with van der Waals surface area (Å²) in [6, 6.07) is 11.6. The molecule has 0 bridgehead atoms. The van der Waals surface area contributed by atoms with Crippen LogP contribution in [0.15, 0.2) is 30.3 Å². The number of unbranched alkanes of at least 4 members (excludes halogenated alkanes) is 1. The van der Waals surface area contributed by atoms with Gasteiger partial charge in [0, 0.05) is 6.04 Å². The summed E-state index contributed by atoms with van der Waals surface area (Å²) in [7, 11) is 0. The Hall–Kier alpha value is -0.820. The quantitative estimate of drug-likeness (QED) is 0.744. The van der Waals surface area contributed by atoms with Crippen LogP contribution in [0, 0.1) is 0 Å². The topological polar surface area (TPSA) is 12.0 Å². The lowest BCUT2D eigenvalue weighted by Gasteiger charge is -2.23. The highest BCUT2D eigenvalue weighted by molar-refractivity contribution is 5.14. The SMILES string of the molecule is c1ccc(CCCCC2CCCCN2)cc1. The van der Waals surface area contributed by atoms with E-state index in [0.717, 1.165) is 6.04 Å². The molecule has 0 saturated carbocycles. The molecule has 1 N–H and O–H groups in total. The fourth-order valence-electron chi connectivity index (χ4n) is 2.53. The molecule has 1 aliphatic heterocycles. The van der Waals surface area contributed by atoms with Crippen LogP contribution in [0.25, 0.3) is 0 Å². The number of rotatable bonds is 5. The maximum atomic E-state index is 3.62. The summed E-state index contributed by atoms with van der Waals surface area (Å²) in [5.74, 6) is 0. The third-order valence-electron chi connectivity index (χ3n) is 3.52. The Kier molecular flexibility index (Phi) is 4.88. The number of hydrogen-bond acceptors (Lipinski definition) is 1. The molecule has 1 atom stereocenters. The minimum Gasteiger partial charge on any atom is -0.314 e. The molecule has 0 radical (unpaired) electrons. The van der Waals surface area contributed by atoms with Crippen molar-refractivity contribution in [1.29, 1.82) is 0 Å². The third kappa shape index (κ3) is 3.97. The number of piperidine rings is 1. The van der Waals surface area contributed by atoms with Crippen molar-refractivity contribution in [3.8, 4) is 0 Å². The summed E-state index contributed by atoms with van der Waals surface area (Å²) >= 11 is 0. The summed E-state index contributed by atoms with van der Waals surface area (Å²) < 4.78 is 0. The highest BCUT2D eigenvalue weighted by Gasteiger charge is 2.11. The van der Waals surface area contributed by atoms with E-state index in [1.165, 1.54) is 57.1 Å². The largest absolute Gasteiger partial charge is 0.314 e. The maximum absolute atomic E-state index is 3.62. The number of aryl methyl sites for hydroxylation is 1. The second kappa shape index (κ2) is 6.70. The molecule has 1 aliphatic rings. The number of nitrogens with one attached hydrogen (secondary N) is 1. The summed E-state index contributed by atoms with van der Waals surface area (Å²) in [5.41, 5.74) is 1.49. The molecule has 1 saturated heterocycles. The van der Waals surface area contributed by atoms with Crippen LogP contribution in [0.3, 0.4) is 0 Å². The van der Waals surface area contributed by atoms with Crippen molar-refractivity contribution in [1.82, 2.24) is 5.32 Å². The van der Waals surface area contributed by atoms with Gasteiger partial charge in [-0.15, -0.1) is 0 Å². The van der Waals surface area contributed by atoms with Gasteiger partial charge in [-0.2, -0.15) is 0 Å². The van der Waals surface area contributed by atoms with Crippen LogP contribution in [-0.4, -0.2) is 12.6 Å². The van der Waals surface area contributed by atoms with E-state index >= 15 is 0 Å². The molecular formula is C15H23N. The molecular weight excluding hydrogens is 194 g/mol. The molecule has 1 aromatic rings. The van der Waals surface area contributed by atoms with E-state index in [9.17, 15) is 0 Å². The predicted octanol–water partition coefficient (Wildman–Crippen LogP) is 3.54. The zero-order valence-corrected chi connectivity index (χ0v) is 10.1. The Morgan fingerprint density at radius 3 is 2.69 bits per heavy atom. The Morgan fingerprint density at radius 2 is 1.94 bits per heavy atom. The zero-order chi connectivity index (χ0) is 11.1. The van der Waals surface area contributed by atoms with Crippen molar-refractivity contribution in [3.05, 3.63) is 35.9 Å². The molecule has 0 aliphatic carbocycles. The first kappa shape index (κ1) is 11.7. The van der Waals surface area contributed by atoms with Crippen LogP contribution in [0.1, 0.15) is 44.1 Å². The minimum absolute atomic E-state index is 0.810. The van der Waals surface area contributed by atoms with Crippen LogP contribution in [0.4, 0.5) is 0 Å². The monoisotopic (exact) mass is 217 g/mol. The molecule has 1 heterocycles. The Morgan fingerprint density at radius 1 is 1.06 bits per heavy atom. The Balaban J connectivity index is 1.58. The van der Waals surface area contributed by atoms with Gasteiger partial charge in [0.2, 0.25) is 0 Å². The van der Waals surface area contributed by atoms with Crippen LogP contribution < -0.4 is 5.32 Å². The molecule has 0 amide bonds. The standard InChI is InChI=1S/C15H23N/c1-2-8-14(9-3-1)10-4-5-11-15-12-6-7-13-16-15/h1-3,8-9,15-16H,4-7,10-13H2. The van der Waals surface area contributed by atoms with E-state index < -0.39 is 0 Å². The van der Waals surface area contributed by atoms with Crippen molar-refractivity contribution >= 4 is 0 Å². The lowest BCUT2D eigenvalue weighted by molar-refractivity contribution is 0.373. The zero-order valence-electron chi connectivity index (χ0n) is 10.1. The van der Waals surface area contributed by atoms with Crippen molar-refractivity contribution in [3.63, 3.8) is 0 Å². The lowest BCUT2D eigenvalue weighted by Crippen LogP contribution is -2.33. The summed E-state index contributed by atoms with van der Waals surface area (Å²) in [4.78, 5) is 0. The summed E-state index contributed by atoms with van der Waals surface area (Å²) in [5, 5.41) is 3.62. The van der Waals surface area contributed by atoms with Crippen LogP contribution in [-0.2, 0) is 6.42 Å². The molecule has 0 spiro atoms. The van der Waals surface area contributed by atoms with Crippen LogP contribution in [0.2, 0.25) is 0 Å². The van der Waals surface area contributed by atoms with Gasteiger partial charge >= 0.3 is 0 Å². The Labute approximate surface area is 99.3 Å². The molecule has 1 unspecified atom stereocenters. The van der Waals surface area contributed by atoms with Crippen LogP contribution in [0.5, 0.6) is 0 Å². The lowest BCUT2D eigenvalue weighted by atomic mass is 9.98. The van der Waals surface area contributed by atoms with E-state index in [4.69, 9.17) is 0 Å². The van der Waals surface area contributed by atoms with E-state index in [-0.39, 0.29) is 0 Å². The number of benzene rings is 1. The van der Waals surface area contributed by atoms with Crippen molar-refractivity contribution in [2.75, 3.05) is 6.54 Å².